The summed E-state index contributed by atoms with van der Waals surface area (Å²) in [7, 11) is 0. The molecule has 0 saturated heterocycles. The third-order valence-electron chi connectivity index (χ3n) is 3.05. The summed E-state index contributed by atoms with van der Waals surface area (Å²) in [5, 5.41) is 0. The molecule has 2 nitrogen and oxygen atoms in total. The number of ketones is 1. The number of rotatable bonds is 8. The fourth-order valence-electron chi connectivity index (χ4n) is 1.79. The van der Waals surface area contributed by atoms with Crippen LogP contribution in [0.15, 0.2) is 48.6 Å². The van der Waals surface area contributed by atoms with Crippen molar-refractivity contribution >= 4 is 11.9 Å². The predicted molar refractivity (Wildman–Crippen MR) is 82.0 cm³/mol. The summed E-state index contributed by atoms with van der Waals surface area (Å²) >= 11 is 0. The molecule has 102 valence electrons. The maximum atomic E-state index is 11.6. The molecule has 1 aromatic rings. The van der Waals surface area contributed by atoms with Crippen LogP contribution in [-0.2, 0) is 4.79 Å². The number of carbonyl (C=O) groups is 1. The van der Waals surface area contributed by atoms with E-state index in [4.69, 9.17) is 0 Å². The van der Waals surface area contributed by atoms with Gasteiger partial charge in [-0.2, -0.15) is 0 Å². The smallest absolute Gasteiger partial charge is 0.156 e. The number of benzene rings is 1. The van der Waals surface area contributed by atoms with Gasteiger partial charge in [-0.3, -0.25) is 4.79 Å². The van der Waals surface area contributed by atoms with Crippen molar-refractivity contribution in [1.29, 1.82) is 0 Å². The summed E-state index contributed by atoms with van der Waals surface area (Å²) < 4.78 is 0. The highest BCUT2D eigenvalue weighted by Gasteiger charge is 2.01. The third kappa shape index (κ3) is 6.73. The summed E-state index contributed by atoms with van der Waals surface area (Å²) in [5.74, 6) is 0.185. The molecule has 0 N–H and O–H groups in total. The highest BCUT2D eigenvalue weighted by molar-refractivity contribution is 5.90. The summed E-state index contributed by atoms with van der Waals surface area (Å²) in [4.78, 5) is 13.9. The highest BCUT2D eigenvalue weighted by atomic mass is 16.1. The summed E-state index contributed by atoms with van der Waals surface area (Å²) in [5.41, 5.74) is 1.14. The van der Waals surface area contributed by atoms with Crippen LogP contribution in [0.4, 0.5) is 0 Å². The van der Waals surface area contributed by atoms with Gasteiger partial charge >= 0.3 is 0 Å². The van der Waals surface area contributed by atoms with Gasteiger partial charge in [-0.05, 0) is 24.7 Å². The first-order chi connectivity index (χ1) is 9.26. The zero-order valence-corrected chi connectivity index (χ0v) is 11.9. The Morgan fingerprint density at radius 3 is 2.42 bits per heavy atom. The van der Waals surface area contributed by atoms with Crippen LogP contribution >= 0.6 is 0 Å². The molecule has 0 amide bonds. The van der Waals surface area contributed by atoms with E-state index in [0.717, 1.165) is 25.2 Å². The number of carbonyl (C=O) groups excluding carboxylic acids is 1. The van der Waals surface area contributed by atoms with E-state index in [2.05, 4.69) is 18.7 Å². The quantitative estimate of drug-likeness (QED) is 0.524. The fourth-order valence-corrected chi connectivity index (χ4v) is 1.79. The van der Waals surface area contributed by atoms with Gasteiger partial charge in [0.15, 0.2) is 5.78 Å². The van der Waals surface area contributed by atoms with Crippen molar-refractivity contribution in [3.8, 4) is 0 Å². The van der Waals surface area contributed by atoms with Crippen molar-refractivity contribution in [1.82, 2.24) is 4.90 Å². The van der Waals surface area contributed by atoms with Crippen LogP contribution in [0.3, 0.4) is 0 Å². The molecule has 1 aromatic carbocycles. The monoisotopic (exact) mass is 257 g/mol. The Hall–Kier alpha value is -1.67. The SMILES string of the molecule is CCN(CC)CCC(=O)/C=C/C=C/c1ccccc1. The van der Waals surface area contributed by atoms with Crippen molar-refractivity contribution in [3.63, 3.8) is 0 Å². The molecule has 0 aliphatic rings. The molecular formula is C17H23NO. The first-order valence-corrected chi connectivity index (χ1v) is 6.91. The number of allylic oxidation sites excluding steroid dienone is 3. The summed E-state index contributed by atoms with van der Waals surface area (Å²) in [6, 6.07) is 10.1. The Kier molecular flexibility index (Phi) is 7.52. The molecule has 0 spiro atoms. The van der Waals surface area contributed by atoms with E-state index in [1.54, 1.807) is 6.08 Å². The van der Waals surface area contributed by atoms with E-state index in [-0.39, 0.29) is 5.78 Å². The lowest BCUT2D eigenvalue weighted by Crippen LogP contribution is -2.25. The van der Waals surface area contributed by atoms with Crippen LogP contribution in [0.25, 0.3) is 6.08 Å². The first-order valence-electron chi connectivity index (χ1n) is 6.91. The minimum Gasteiger partial charge on any atom is -0.303 e. The lowest BCUT2D eigenvalue weighted by atomic mass is 10.2. The third-order valence-corrected chi connectivity index (χ3v) is 3.05. The van der Waals surface area contributed by atoms with E-state index < -0.39 is 0 Å². The Labute approximate surface area is 116 Å². The van der Waals surface area contributed by atoms with Crippen molar-refractivity contribution < 1.29 is 4.79 Å². The van der Waals surface area contributed by atoms with Gasteiger partial charge in [-0.1, -0.05) is 62.4 Å². The number of nitrogens with zero attached hydrogens (tertiary/aromatic N) is 1. The normalized spacial score (nSPS) is 11.7. The Balaban J connectivity index is 2.32. The molecule has 0 bridgehead atoms. The second kappa shape index (κ2) is 9.29. The molecule has 2 heteroatoms. The Morgan fingerprint density at radius 1 is 1.11 bits per heavy atom. The average molecular weight is 257 g/mol. The van der Waals surface area contributed by atoms with Gasteiger partial charge in [0.25, 0.3) is 0 Å². The average Bonchev–Trinajstić information content (AvgIpc) is 2.46. The second-order valence-electron chi connectivity index (χ2n) is 4.37. The van der Waals surface area contributed by atoms with Gasteiger partial charge in [-0.25, -0.2) is 0 Å². The molecule has 0 heterocycles. The van der Waals surface area contributed by atoms with Crippen molar-refractivity contribution in [2.24, 2.45) is 0 Å². The van der Waals surface area contributed by atoms with E-state index in [1.165, 1.54) is 0 Å². The predicted octanol–water partition coefficient (Wildman–Crippen LogP) is 3.56. The van der Waals surface area contributed by atoms with E-state index in [1.807, 2.05) is 48.6 Å². The first kappa shape index (κ1) is 15.4. The maximum Gasteiger partial charge on any atom is 0.156 e. The Bertz CT molecular complexity index is 416. The van der Waals surface area contributed by atoms with E-state index in [9.17, 15) is 4.79 Å². The van der Waals surface area contributed by atoms with Crippen LogP contribution in [0.2, 0.25) is 0 Å². The molecule has 0 unspecified atom stereocenters. The maximum absolute atomic E-state index is 11.6. The molecule has 0 aromatic heterocycles. The number of hydrogen-bond donors (Lipinski definition) is 0. The minimum atomic E-state index is 0.185. The van der Waals surface area contributed by atoms with Crippen LogP contribution in [0.5, 0.6) is 0 Å². The van der Waals surface area contributed by atoms with Gasteiger partial charge in [0, 0.05) is 13.0 Å². The summed E-state index contributed by atoms with van der Waals surface area (Å²) in [6.45, 7) is 7.08. The molecule has 0 atom stereocenters. The van der Waals surface area contributed by atoms with Crippen molar-refractivity contribution in [2.45, 2.75) is 20.3 Å². The summed E-state index contributed by atoms with van der Waals surface area (Å²) in [6.07, 6.45) is 7.97. The molecule has 19 heavy (non-hydrogen) atoms. The molecule has 0 aliphatic heterocycles. The van der Waals surface area contributed by atoms with Crippen LogP contribution < -0.4 is 0 Å². The largest absolute Gasteiger partial charge is 0.303 e. The van der Waals surface area contributed by atoms with Crippen molar-refractivity contribution in [3.05, 3.63) is 54.1 Å². The lowest BCUT2D eigenvalue weighted by molar-refractivity contribution is -0.114. The van der Waals surface area contributed by atoms with E-state index >= 15 is 0 Å². The van der Waals surface area contributed by atoms with Gasteiger partial charge < -0.3 is 4.90 Å². The molecule has 0 saturated carbocycles. The minimum absolute atomic E-state index is 0.185. The lowest BCUT2D eigenvalue weighted by Gasteiger charge is -2.16. The standard InChI is InChI=1S/C17H23NO/c1-3-18(4-2)15-14-17(19)13-9-8-12-16-10-6-5-7-11-16/h5-13H,3-4,14-15H2,1-2H3/b12-8+,13-9+. The zero-order valence-electron chi connectivity index (χ0n) is 11.9. The van der Waals surface area contributed by atoms with Crippen LogP contribution in [-0.4, -0.2) is 30.3 Å². The van der Waals surface area contributed by atoms with Gasteiger partial charge in [0.1, 0.15) is 0 Å². The van der Waals surface area contributed by atoms with Gasteiger partial charge in [-0.15, -0.1) is 0 Å². The second-order valence-corrected chi connectivity index (χ2v) is 4.37. The van der Waals surface area contributed by atoms with Crippen LogP contribution in [0, 0.1) is 0 Å². The molecule has 0 fully saturated rings. The topological polar surface area (TPSA) is 20.3 Å². The van der Waals surface area contributed by atoms with E-state index in [0.29, 0.717) is 6.42 Å². The molecule has 0 aliphatic carbocycles. The van der Waals surface area contributed by atoms with Crippen LogP contribution in [0.1, 0.15) is 25.8 Å². The number of hydrogen-bond acceptors (Lipinski definition) is 2. The molecule has 1 rings (SSSR count). The Morgan fingerprint density at radius 2 is 1.79 bits per heavy atom. The molecular weight excluding hydrogens is 234 g/mol. The van der Waals surface area contributed by atoms with Gasteiger partial charge in [0.2, 0.25) is 0 Å². The fraction of sp³-hybridized carbons (Fsp3) is 0.353. The van der Waals surface area contributed by atoms with Gasteiger partial charge in [0.05, 0.1) is 0 Å². The molecule has 0 radical (unpaired) electrons. The highest BCUT2D eigenvalue weighted by Crippen LogP contribution is 2.01. The zero-order chi connectivity index (χ0) is 13.9. The van der Waals surface area contributed by atoms with Crippen molar-refractivity contribution in [2.75, 3.05) is 19.6 Å².